The van der Waals surface area contributed by atoms with Crippen molar-refractivity contribution in [3.05, 3.63) is 56.5 Å². The van der Waals surface area contributed by atoms with Gasteiger partial charge in [-0.05, 0) is 19.1 Å². The Labute approximate surface area is 180 Å². The number of thiocarbonyl (C=S) groups is 1. The first-order valence-corrected chi connectivity index (χ1v) is 11.5. The molecule has 0 saturated carbocycles. The highest BCUT2D eigenvalue weighted by molar-refractivity contribution is 8.30. The van der Waals surface area contributed by atoms with Crippen molar-refractivity contribution in [2.75, 3.05) is 18.5 Å². The summed E-state index contributed by atoms with van der Waals surface area (Å²) in [7, 11) is 1.97. The topological polar surface area (TPSA) is 45.6 Å². The number of benzene rings is 1. The first kappa shape index (κ1) is 19.5. The van der Waals surface area contributed by atoms with Crippen molar-refractivity contribution in [3.63, 3.8) is 0 Å². The second-order valence-corrected chi connectivity index (χ2v) is 9.80. The van der Waals surface area contributed by atoms with E-state index in [0.717, 1.165) is 15.6 Å². The molecule has 2 aliphatic heterocycles. The van der Waals surface area contributed by atoms with Crippen molar-refractivity contribution in [3.8, 4) is 0 Å². The van der Waals surface area contributed by atoms with Gasteiger partial charge in [-0.15, -0.1) is 17.9 Å². The molecule has 5 nitrogen and oxygen atoms in total. The van der Waals surface area contributed by atoms with E-state index in [1.807, 2.05) is 43.1 Å². The molecule has 1 amide bonds. The van der Waals surface area contributed by atoms with Crippen LogP contribution in [0.25, 0.3) is 9.93 Å². The van der Waals surface area contributed by atoms with Crippen LogP contribution in [-0.4, -0.2) is 33.3 Å². The number of hydrogen-bond acceptors (Lipinski definition) is 7. The number of thiazole rings is 1. The van der Waals surface area contributed by atoms with Crippen molar-refractivity contribution in [2.24, 2.45) is 0 Å². The van der Waals surface area contributed by atoms with Crippen LogP contribution in [0.5, 0.6) is 0 Å². The van der Waals surface area contributed by atoms with Crippen molar-refractivity contribution >= 4 is 72.9 Å². The number of amides is 1. The summed E-state index contributed by atoms with van der Waals surface area (Å²) in [6.45, 7) is 6.46. The normalized spacial score (nSPS) is 20.2. The zero-order valence-corrected chi connectivity index (χ0v) is 18.6. The molecular weight excluding hydrogens is 430 g/mol. The van der Waals surface area contributed by atoms with Crippen LogP contribution in [-0.2, 0) is 11.3 Å². The van der Waals surface area contributed by atoms with Crippen molar-refractivity contribution in [1.82, 2.24) is 9.47 Å². The maximum absolute atomic E-state index is 13.2. The van der Waals surface area contributed by atoms with Gasteiger partial charge in [-0.1, -0.05) is 54.0 Å². The van der Waals surface area contributed by atoms with E-state index in [2.05, 4.69) is 6.58 Å². The number of nitrogens with zero attached hydrogens (tertiary/aromatic N) is 3. The number of aromatic nitrogens is 1. The Morgan fingerprint density at radius 3 is 2.64 bits per heavy atom. The number of hydrogen-bond donors (Lipinski definition) is 0. The van der Waals surface area contributed by atoms with Gasteiger partial charge in [-0.25, -0.2) is 0 Å². The summed E-state index contributed by atoms with van der Waals surface area (Å²) in [5, 5.41) is 0.895. The van der Waals surface area contributed by atoms with Gasteiger partial charge in [-0.2, -0.15) is 0 Å². The summed E-state index contributed by atoms with van der Waals surface area (Å²) in [6.07, 6.45) is 1.65. The van der Waals surface area contributed by atoms with E-state index in [1.165, 1.54) is 28.0 Å². The molecule has 1 aromatic heterocycles. The van der Waals surface area contributed by atoms with Crippen LogP contribution in [0.3, 0.4) is 0 Å². The van der Waals surface area contributed by atoms with E-state index >= 15 is 0 Å². The highest BCUT2D eigenvalue weighted by atomic mass is 32.2. The average Bonchev–Trinajstić information content (AvgIpc) is 3.29. The van der Waals surface area contributed by atoms with Gasteiger partial charge >= 0.3 is 0 Å². The Bertz CT molecular complexity index is 1190. The van der Waals surface area contributed by atoms with Crippen LogP contribution in [0.4, 0.5) is 5.69 Å². The number of rotatable bonds is 3. The summed E-state index contributed by atoms with van der Waals surface area (Å²) in [4.78, 5) is 31.2. The Morgan fingerprint density at radius 1 is 1.21 bits per heavy atom. The minimum atomic E-state index is -0.161. The SMILES string of the molecule is C=CCN1C(=O)C(=c2sc(=C3Sc4ccccc4N3C)c(=O)n2CC)SC1=S. The fraction of sp³-hybridized carbons (Fsp3) is 0.211. The van der Waals surface area contributed by atoms with E-state index in [-0.39, 0.29) is 11.5 Å². The van der Waals surface area contributed by atoms with Crippen molar-refractivity contribution in [1.29, 1.82) is 0 Å². The summed E-state index contributed by atoms with van der Waals surface area (Å²) < 4.78 is 3.49. The van der Waals surface area contributed by atoms with Crippen molar-refractivity contribution < 1.29 is 4.79 Å². The number of carbonyl (C=O) groups excluding carboxylic acids is 1. The molecule has 0 radical (unpaired) electrons. The summed E-state index contributed by atoms with van der Waals surface area (Å²) >= 11 is 9.56. The first-order valence-electron chi connectivity index (χ1n) is 8.61. The van der Waals surface area contributed by atoms with Gasteiger partial charge in [-0.3, -0.25) is 19.1 Å². The predicted octanol–water partition coefficient (Wildman–Crippen LogP) is 2.39. The van der Waals surface area contributed by atoms with E-state index in [9.17, 15) is 9.59 Å². The molecule has 2 aromatic rings. The van der Waals surface area contributed by atoms with E-state index < -0.39 is 0 Å². The van der Waals surface area contributed by atoms with Gasteiger partial charge in [0.2, 0.25) is 0 Å². The van der Waals surface area contributed by atoms with Gasteiger partial charge in [0.1, 0.15) is 23.4 Å². The average molecular weight is 448 g/mol. The molecule has 0 aliphatic carbocycles. The number of fused-ring (bicyclic) bond motifs is 1. The predicted molar refractivity (Wildman–Crippen MR) is 123 cm³/mol. The molecule has 1 fully saturated rings. The zero-order chi connectivity index (χ0) is 20.0. The lowest BCUT2D eigenvalue weighted by Crippen LogP contribution is -2.34. The molecule has 4 rings (SSSR count). The maximum Gasteiger partial charge on any atom is 0.271 e. The lowest BCUT2D eigenvalue weighted by Gasteiger charge is -2.11. The fourth-order valence-electron chi connectivity index (χ4n) is 3.12. The molecule has 0 bridgehead atoms. The largest absolute Gasteiger partial charge is 0.337 e. The van der Waals surface area contributed by atoms with Gasteiger partial charge in [0.25, 0.3) is 11.5 Å². The third-order valence-electron chi connectivity index (χ3n) is 4.49. The van der Waals surface area contributed by atoms with Crippen molar-refractivity contribution in [2.45, 2.75) is 18.4 Å². The molecule has 28 heavy (non-hydrogen) atoms. The second kappa shape index (κ2) is 7.55. The highest BCUT2D eigenvalue weighted by Gasteiger charge is 2.33. The standard InChI is InChI=1S/C19H17N3O2S4/c1-4-10-22-16(24)14(28-19(22)25)18-21(5-2)15(23)13(27-18)17-20(3)11-8-6-7-9-12(11)26-17/h4,6-9H,1,5,10H2,2-3H3. The molecule has 0 atom stereocenters. The summed E-state index contributed by atoms with van der Waals surface area (Å²) in [5.74, 6) is -0.161. The number of anilines is 1. The molecule has 1 saturated heterocycles. The molecule has 0 spiro atoms. The number of thioether (sulfide) groups is 2. The molecular formula is C19H17N3O2S4. The maximum atomic E-state index is 13.2. The minimum absolute atomic E-state index is 0.0707. The van der Waals surface area contributed by atoms with Crippen LogP contribution < -0.4 is 19.7 Å². The quantitative estimate of drug-likeness (QED) is 0.532. The van der Waals surface area contributed by atoms with Gasteiger partial charge in [0.05, 0.1) is 5.69 Å². The smallest absolute Gasteiger partial charge is 0.271 e. The van der Waals surface area contributed by atoms with Gasteiger partial charge in [0.15, 0.2) is 0 Å². The summed E-state index contributed by atoms with van der Waals surface area (Å²) in [6, 6.07) is 8.07. The Kier molecular flexibility index (Phi) is 5.26. The molecule has 0 unspecified atom stereocenters. The molecule has 2 aliphatic rings. The third kappa shape index (κ3) is 2.97. The van der Waals surface area contributed by atoms with E-state index in [1.54, 1.807) is 22.4 Å². The molecule has 9 heteroatoms. The molecule has 1 aromatic carbocycles. The van der Waals surface area contributed by atoms with E-state index in [0.29, 0.717) is 31.5 Å². The number of carbonyl (C=O) groups is 1. The molecule has 144 valence electrons. The third-order valence-corrected chi connectivity index (χ3v) is 8.61. The van der Waals surface area contributed by atoms with Crippen LogP contribution in [0.2, 0.25) is 0 Å². The first-order chi connectivity index (χ1) is 13.5. The van der Waals surface area contributed by atoms with E-state index in [4.69, 9.17) is 12.2 Å². The Hall–Kier alpha value is -1.81. The van der Waals surface area contributed by atoms with Gasteiger partial charge in [0, 0.05) is 25.0 Å². The second-order valence-electron chi connectivity index (χ2n) is 6.12. The minimum Gasteiger partial charge on any atom is -0.337 e. The number of para-hydroxylation sites is 1. The van der Waals surface area contributed by atoms with Crippen LogP contribution >= 0.6 is 47.1 Å². The van der Waals surface area contributed by atoms with Crippen LogP contribution in [0.15, 0.2) is 46.6 Å². The molecule has 3 heterocycles. The monoisotopic (exact) mass is 447 g/mol. The lowest BCUT2D eigenvalue weighted by molar-refractivity contribution is -0.120. The van der Waals surface area contributed by atoms with Crippen LogP contribution in [0.1, 0.15) is 6.92 Å². The summed E-state index contributed by atoms with van der Waals surface area (Å²) in [5.41, 5.74) is 1.01. The fourth-order valence-corrected chi connectivity index (χ4v) is 7.06. The Balaban J connectivity index is 1.95. The zero-order valence-electron chi connectivity index (χ0n) is 15.3. The lowest BCUT2D eigenvalue weighted by atomic mass is 10.3. The van der Waals surface area contributed by atoms with Gasteiger partial charge < -0.3 is 4.90 Å². The van der Waals surface area contributed by atoms with Crippen LogP contribution in [0, 0.1) is 0 Å². The molecule has 0 N–H and O–H groups in total. The highest BCUT2D eigenvalue weighted by Crippen LogP contribution is 2.45. The Morgan fingerprint density at radius 2 is 1.96 bits per heavy atom.